The molecule has 0 fully saturated rings. The van der Waals surface area contributed by atoms with Crippen LogP contribution in [0.2, 0.25) is 0 Å². The molecule has 1 aromatic rings. The van der Waals surface area contributed by atoms with E-state index in [0.29, 0.717) is 22.9 Å². The normalized spacial score (nSPS) is 12.1. The number of ether oxygens (including phenoxy) is 1. The fraction of sp³-hybridized carbons (Fsp3) is 0.444. The first-order valence-electron chi connectivity index (χ1n) is 4.53. The highest BCUT2D eigenvalue weighted by Gasteiger charge is 2.07. The number of nitrogens with zero attached hydrogens (tertiary/aromatic N) is 2. The van der Waals surface area contributed by atoms with E-state index in [-0.39, 0.29) is 6.10 Å². The Morgan fingerprint density at radius 2 is 2.47 bits per heavy atom. The lowest BCUT2D eigenvalue weighted by Crippen LogP contribution is -2.21. The third-order valence-electron chi connectivity index (χ3n) is 1.95. The molecule has 0 amide bonds. The third-order valence-corrected chi connectivity index (χ3v) is 2.17. The average Bonchev–Trinajstić information content (AvgIpc) is 2.26. The van der Waals surface area contributed by atoms with Gasteiger partial charge in [0.15, 0.2) is 5.82 Å². The van der Waals surface area contributed by atoms with E-state index in [1.807, 2.05) is 6.92 Å². The summed E-state index contributed by atoms with van der Waals surface area (Å²) in [7, 11) is 1.65. The zero-order valence-electron chi connectivity index (χ0n) is 8.73. The first-order chi connectivity index (χ1) is 7.15. The van der Waals surface area contributed by atoms with Crippen molar-refractivity contribution in [2.24, 2.45) is 5.73 Å². The Hall–Kier alpha value is -1.27. The maximum atomic E-state index is 5.55. The van der Waals surface area contributed by atoms with E-state index >= 15 is 0 Å². The molecule has 1 aromatic heterocycles. The molecule has 1 heterocycles. The molecule has 0 aliphatic rings. The molecule has 1 rings (SSSR count). The molecule has 0 saturated heterocycles. The van der Waals surface area contributed by atoms with Gasteiger partial charge >= 0.3 is 0 Å². The standard InChI is InChI=1S/C9H14N4OS/c1-6(14-2)5-11-9-7(8(10)15)3-4-12-13-9/h3-4,6H,5H2,1-2H3,(H2,10,15)(H,11,13). The van der Waals surface area contributed by atoms with Crippen LogP contribution in [0.4, 0.5) is 5.82 Å². The molecule has 6 heteroatoms. The molecule has 0 aromatic carbocycles. The van der Waals surface area contributed by atoms with Crippen LogP contribution in [-0.4, -0.2) is 34.9 Å². The van der Waals surface area contributed by atoms with Crippen molar-refractivity contribution in [1.29, 1.82) is 0 Å². The molecule has 82 valence electrons. The van der Waals surface area contributed by atoms with Gasteiger partial charge in [-0.2, -0.15) is 5.10 Å². The van der Waals surface area contributed by atoms with Crippen LogP contribution >= 0.6 is 12.2 Å². The lowest BCUT2D eigenvalue weighted by atomic mass is 10.2. The number of anilines is 1. The number of nitrogens with one attached hydrogen (secondary N) is 1. The summed E-state index contributed by atoms with van der Waals surface area (Å²) in [5.41, 5.74) is 6.24. The van der Waals surface area contributed by atoms with Gasteiger partial charge in [-0.25, -0.2) is 0 Å². The van der Waals surface area contributed by atoms with E-state index in [1.54, 1.807) is 19.4 Å². The van der Waals surface area contributed by atoms with E-state index in [2.05, 4.69) is 15.5 Å². The number of hydrogen-bond acceptors (Lipinski definition) is 5. The summed E-state index contributed by atoms with van der Waals surface area (Å²) in [6, 6.07) is 1.73. The van der Waals surface area contributed by atoms with Crippen LogP contribution in [0.1, 0.15) is 12.5 Å². The topological polar surface area (TPSA) is 73.1 Å². The second kappa shape index (κ2) is 5.57. The monoisotopic (exact) mass is 226 g/mol. The van der Waals surface area contributed by atoms with Gasteiger partial charge in [0, 0.05) is 13.7 Å². The zero-order chi connectivity index (χ0) is 11.3. The Morgan fingerprint density at radius 1 is 1.73 bits per heavy atom. The van der Waals surface area contributed by atoms with Crippen molar-refractivity contribution in [3.05, 3.63) is 17.8 Å². The summed E-state index contributed by atoms with van der Waals surface area (Å²) >= 11 is 4.90. The fourth-order valence-corrected chi connectivity index (χ4v) is 1.15. The molecule has 0 saturated carbocycles. The van der Waals surface area contributed by atoms with Gasteiger partial charge < -0.3 is 15.8 Å². The van der Waals surface area contributed by atoms with Gasteiger partial charge in [0.1, 0.15) is 4.99 Å². The van der Waals surface area contributed by atoms with Gasteiger partial charge in [-0.3, -0.25) is 0 Å². The molecular weight excluding hydrogens is 212 g/mol. The van der Waals surface area contributed by atoms with Crippen LogP contribution in [0.25, 0.3) is 0 Å². The van der Waals surface area contributed by atoms with Gasteiger partial charge in [0.05, 0.1) is 17.9 Å². The highest BCUT2D eigenvalue weighted by molar-refractivity contribution is 7.80. The van der Waals surface area contributed by atoms with Gasteiger partial charge in [-0.15, -0.1) is 5.10 Å². The fourth-order valence-electron chi connectivity index (χ4n) is 0.985. The quantitative estimate of drug-likeness (QED) is 0.715. The number of hydrogen-bond donors (Lipinski definition) is 2. The minimum absolute atomic E-state index is 0.0891. The number of aromatic nitrogens is 2. The molecule has 1 unspecified atom stereocenters. The predicted molar refractivity (Wildman–Crippen MR) is 62.9 cm³/mol. The van der Waals surface area contributed by atoms with Crippen molar-refractivity contribution in [3.63, 3.8) is 0 Å². The molecule has 0 aliphatic carbocycles. The highest BCUT2D eigenvalue weighted by Crippen LogP contribution is 2.09. The minimum atomic E-state index is 0.0891. The van der Waals surface area contributed by atoms with Crippen LogP contribution in [0, 0.1) is 0 Å². The van der Waals surface area contributed by atoms with Crippen molar-refractivity contribution in [3.8, 4) is 0 Å². The number of rotatable bonds is 5. The average molecular weight is 226 g/mol. The first kappa shape index (κ1) is 11.8. The second-order valence-corrected chi connectivity index (χ2v) is 3.52. The lowest BCUT2D eigenvalue weighted by Gasteiger charge is -2.12. The summed E-state index contributed by atoms with van der Waals surface area (Å²) in [5.74, 6) is 0.592. The number of thiocarbonyl (C=S) groups is 1. The van der Waals surface area contributed by atoms with Gasteiger partial charge in [-0.1, -0.05) is 12.2 Å². The van der Waals surface area contributed by atoms with E-state index < -0.39 is 0 Å². The van der Waals surface area contributed by atoms with E-state index in [1.165, 1.54) is 0 Å². The molecule has 3 N–H and O–H groups in total. The van der Waals surface area contributed by atoms with Crippen molar-refractivity contribution >= 4 is 23.0 Å². The Labute approximate surface area is 94.0 Å². The Bertz CT molecular complexity index is 345. The number of methoxy groups -OCH3 is 1. The molecule has 5 nitrogen and oxygen atoms in total. The third kappa shape index (κ3) is 3.41. The Balaban J connectivity index is 2.72. The minimum Gasteiger partial charge on any atom is -0.389 e. The molecule has 0 radical (unpaired) electrons. The van der Waals surface area contributed by atoms with Crippen LogP contribution in [0.3, 0.4) is 0 Å². The van der Waals surface area contributed by atoms with Crippen LogP contribution in [-0.2, 0) is 4.74 Å². The highest BCUT2D eigenvalue weighted by atomic mass is 32.1. The summed E-state index contributed by atoms with van der Waals surface area (Å²) < 4.78 is 5.10. The van der Waals surface area contributed by atoms with Crippen molar-refractivity contribution in [2.75, 3.05) is 19.0 Å². The summed E-state index contributed by atoms with van der Waals surface area (Å²) in [5, 5.41) is 10.8. The maximum Gasteiger partial charge on any atom is 0.159 e. The molecule has 1 atom stereocenters. The molecule has 0 aliphatic heterocycles. The zero-order valence-corrected chi connectivity index (χ0v) is 9.54. The first-order valence-corrected chi connectivity index (χ1v) is 4.94. The van der Waals surface area contributed by atoms with E-state index in [4.69, 9.17) is 22.7 Å². The maximum absolute atomic E-state index is 5.55. The Morgan fingerprint density at radius 3 is 3.07 bits per heavy atom. The summed E-state index contributed by atoms with van der Waals surface area (Å²) in [6.45, 7) is 2.58. The Kier molecular flexibility index (Phi) is 4.38. The summed E-state index contributed by atoms with van der Waals surface area (Å²) in [4.78, 5) is 0.303. The van der Waals surface area contributed by atoms with Gasteiger partial charge in [0.2, 0.25) is 0 Å². The van der Waals surface area contributed by atoms with E-state index in [9.17, 15) is 0 Å². The SMILES string of the molecule is COC(C)CNc1nnccc1C(N)=S. The van der Waals surface area contributed by atoms with Gasteiger partial charge in [0.25, 0.3) is 0 Å². The smallest absolute Gasteiger partial charge is 0.159 e. The van der Waals surface area contributed by atoms with Crippen LogP contribution < -0.4 is 11.1 Å². The molecule has 0 bridgehead atoms. The predicted octanol–water partition coefficient (Wildman–Crippen LogP) is 0.558. The van der Waals surface area contributed by atoms with Crippen LogP contribution in [0.5, 0.6) is 0 Å². The van der Waals surface area contributed by atoms with Crippen LogP contribution in [0.15, 0.2) is 12.3 Å². The van der Waals surface area contributed by atoms with E-state index in [0.717, 1.165) is 0 Å². The molecule has 0 spiro atoms. The number of nitrogens with two attached hydrogens (primary N) is 1. The lowest BCUT2D eigenvalue weighted by molar-refractivity contribution is 0.128. The molecular formula is C9H14N4OS. The molecule has 15 heavy (non-hydrogen) atoms. The van der Waals surface area contributed by atoms with Crippen molar-refractivity contribution in [1.82, 2.24) is 10.2 Å². The van der Waals surface area contributed by atoms with Crippen molar-refractivity contribution in [2.45, 2.75) is 13.0 Å². The van der Waals surface area contributed by atoms with Crippen molar-refractivity contribution < 1.29 is 4.74 Å². The van der Waals surface area contributed by atoms with Gasteiger partial charge in [-0.05, 0) is 13.0 Å². The second-order valence-electron chi connectivity index (χ2n) is 3.08. The largest absolute Gasteiger partial charge is 0.389 e. The summed E-state index contributed by atoms with van der Waals surface area (Å²) in [6.07, 6.45) is 1.64.